The number of nitrogen functional groups attached to an aromatic ring is 1. The molecule has 0 aliphatic rings. The summed E-state index contributed by atoms with van der Waals surface area (Å²) < 4.78 is 6.63. The molecule has 1 heterocycles. The number of hydrogen-bond donors (Lipinski definition) is 1. The number of ether oxygens (including phenoxy) is 1. The van der Waals surface area contributed by atoms with Crippen LogP contribution in [0.5, 0.6) is 11.5 Å². The van der Waals surface area contributed by atoms with E-state index in [1.165, 1.54) is 0 Å². The molecule has 1 aromatic carbocycles. The third-order valence-electron chi connectivity index (χ3n) is 2.14. The molecule has 0 bridgehead atoms. The van der Waals surface area contributed by atoms with Gasteiger partial charge in [-0.1, -0.05) is 0 Å². The number of nitrogens with two attached hydrogens (primary N) is 1. The van der Waals surface area contributed by atoms with Crippen LogP contribution in [-0.4, -0.2) is 4.98 Å². The maximum Gasteiger partial charge on any atom is 0.143 e. The van der Waals surface area contributed by atoms with Crippen LogP contribution in [0.1, 0.15) is 5.56 Å². The van der Waals surface area contributed by atoms with Gasteiger partial charge < -0.3 is 10.5 Å². The lowest BCUT2D eigenvalue weighted by Gasteiger charge is -2.10. The van der Waals surface area contributed by atoms with Crippen molar-refractivity contribution in [3.8, 4) is 11.5 Å². The molecule has 2 rings (SSSR count). The van der Waals surface area contributed by atoms with Gasteiger partial charge in [0.1, 0.15) is 11.5 Å². The summed E-state index contributed by atoms with van der Waals surface area (Å²) in [5.74, 6) is 1.48. The Bertz CT molecular complexity index is 514. The van der Waals surface area contributed by atoms with Crippen molar-refractivity contribution in [2.75, 3.05) is 5.73 Å². The van der Waals surface area contributed by atoms with E-state index < -0.39 is 0 Å². The minimum Gasteiger partial charge on any atom is -0.456 e. The van der Waals surface area contributed by atoms with E-state index >= 15 is 0 Å². The van der Waals surface area contributed by atoms with Crippen molar-refractivity contribution in [2.45, 2.75) is 6.92 Å². The van der Waals surface area contributed by atoms with Crippen molar-refractivity contribution in [1.82, 2.24) is 4.98 Å². The second kappa shape index (κ2) is 4.53. The quantitative estimate of drug-likeness (QED) is 0.855. The lowest BCUT2D eigenvalue weighted by Crippen LogP contribution is -1.91. The third-order valence-corrected chi connectivity index (χ3v) is 2.80. The molecule has 0 saturated carbocycles. The van der Waals surface area contributed by atoms with Gasteiger partial charge in [0.05, 0.1) is 4.47 Å². The first-order chi connectivity index (χ1) is 7.66. The Hall–Kier alpha value is -1.55. The zero-order valence-corrected chi connectivity index (χ0v) is 10.4. The fourth-order valence-electron chi connectivity index (χ4n) is 1.29. The first-order valence-corrected chi connectivity index (χ1v) is 5.59. The van der Waals surface area contributed by atoms with E-state index in [-0.39, 0.29) is 0 Å². The predicted molar refractivity (Wildman–Crippen MR) is 67.6 cm³/mol. The number of benzene rings is 1. The van der Waals surface area contributed by atoms with Gasteiger partial charge in [0.2, 0.25) is 0 Å². The van der Waals surface area contributed by atoms with Crippen molar-refractivity contribution in [3.05, 3.63) is 46.7 Å². The highest BCUT2D eigenvalue weighted by atomic mass is 79.9. The molecule has 16 heavy (non-hydrogen) atoms. The van der Waals surface area contributed by atoms with E-state index in [0.29, 0.717) is 11.4 Å². The first-order valence-electron chi connectivity index (χ1n) is 4.80. The molecule has 4 heteroatoms. The molecule has 0 fully saturated rings. The summed E-state index contributed by atoms with van der Waals surface area (Å²) >= 11 is 3.42. The highest BCUT2D eigenvalue weighted by molar-refractivity contribution is 9.10. The minimum absolute atomic E-state index is 0.671. The summed E-state index contributed by atoms with van der Waals surface area (Å²) in [5.41, 5.74) is 7.36. The normalized spacial score (nSPS) is 10.1. The molecule has 0 unspecified atom stereocenters. The number of pyridine rings is 1. The number of anilines is 1. The molecular weight excluding hydrogens is 268 g/mol. The lowest BCUT2D eigenvalue weighted by molar-refractivity contribution is 0.475. The first kappa shape index (κ1) is 11.0. The Labute approximate surface area is 102 Å². The molecule has 0 atom stereocenters. The van der Waals surface area contributed by atoms with Crippen LogP contribution in [0.4, 0.5) is 5.69 Å². The van der Waals surface area contributed by atoms with Crippen LogP contribution in [0.15, 0.2) is 41.1 Å². The highest BCUT2D eigenvalue weighted by Gasteiger charge is 2.05. The van der Waals surface area contributed by atoms with Crippen molar-refractivity contribution >= 4 is 21.6 Å². The highest BCUT2D eigenvalue weighted by Crippen LogP contribution is 2.32. The van der Waals surface area contributed by atoms with Gasteiger partial charge >= 0.3 is 0 Å². The Morgan fingerprint density at radius 3 is 2.81 bits per heavy atom. The topological polar surface area (TPSA) is 48.1 Å². The number of halogens is 1. The fraction of sp³-hybridized carbons (Fsp3) is 0.0833. The standard InChI is InChI=1S/C12H11BrN2O/c1-8-7-15-5-4-11(8)16-12-6-9(14)2-3-10(12)13/h2-7H,14H2,1H3. The lowest BCUT2D eigenvalue weighted by atomic mass is 10.3. The second-order valence-corrected chi connectivity index (χ2v) is 4.29. The van der Waals surface area contributed by atoms with Crippen LogP contribution in [0.3, 0.4) is 0 Å². The van der Waals surface area contributed by atoms with E-state index in [2.05, 4.69) is 20.9 Å². The van der Waals surface area contributed by atoms with E-state index in [0.717, 1.165) is 15.8 Å². The van der Waals surface area contributed by atoms with Crippen molar-refractivity contribution < 1.29 is 4.74 Å². The maximum absolute atomic E-state index is 5.75. The number of aromatic nitrogens is 1. The van der Waals surface area contributed by atoms with Crippen LogP contribution in [0, 0.1) is 6.92 Å². The Morgan fingerprint density at radius 1 is 1.25 bits per heavy atom. The van der Waals surface area contributed by atoms with Gasteiger partial charge in [0.25, 0.3) is 0 Å². The zero-order valence-electron chi connectivity index (χ0n) is 8.77. The van der Waals surface area contributed by atoms with Gasteiger partial charge in [-0.25, -0.2) is 0 Å². The van der Waals surface area contributed by atoms with Gasteiger partial charge in [-0.2, -0.15) is 0 Å². The Kier molecular flexibility index (Phi) is 3.10. The van der Waals surface area contributed by atoms with E-state index in [1.54, 1.807) is 18.5 Å². The van der Waals surface area contributed by atoms with Gasteiger partial charge in [-0.15, -0.1) is 0 Å². The molecule has 0 spiro atoms. The molecule has 1 aromatic heterocycles. The number of aryl methyl sites for hydroxylation is 1. The molecule has 2 aromatic rings. The van der Waals surface area contributed by atoms with Crippen LogP contribution >= 0.6 is 15.9 Å². The van der Waals surface area contributed by atoms with Crippen molar-refractivity contribution in [2.24, 2.45) is 0 Å². The van der Waals surface area contributed by atoms with E-state index in [9.17, 15) is 0 Å². The molecule has 0 aliphatic heterocycles. The third kappa shape index (κ3) is 2.33. The van der Waals surface area contributed by atoms with Crippen LogP contribution in [0.25, 0.3) is 0 Å². The summed E-state index contributed by atoms with van der Waals surface area (Å²) in [6.07, 6.45) is 3.46. The monoisotopic (exact) mass is 278 g/mol. The van der Waals surface area contributed by atoms with Gasteiger partial charge in [0, 0.05) is 29.7 Å². The summed E-state index contributed by atoms with van der Waals surface area (Å²) in [4.78, 5) is 4.01. The molecule has 0 saturated heterocycles. The molecule has 82 valence electrons. The average molecular weight is 279 g/mol. The summed E-state index contributed by atoms with van der Waals surface area (Å²) in [6, 6.07) is 7.28. The van der Waals surface area contributed by atoms with Crippen LogP contribution in [0.2, 0.25) is 0 Å². The fourth-order valence-corrected chi connectivity index (χ4v) is 1.62. The SMILES string of the molecule is Cc1cnccc1Oc1cc(N)ccc1Br. The Morgan fingerprint density at radius 2 is 2.06 bits per heavy atom. The zero-order chi connectivity index (χ0) is 11.5. The van der Waals surface area contributed by atoms with Crippen LogP contribution < -0.4 is 10.5 Å². The molecule has 0 radical (unpaired) electrons. The summed E-state index contributed by atoms with van der Waals surface area (Å²) in [7, 11) is 0. The molecule has 0 aliphatic carbocycles. The van der Waals surface area contributed by atoms with E-state index in [1.807, 2.05) is 25.1 Å². The molecule has 2 N–H and O–H groups in total. The molecule has 0 amide bonds. The van der Waals surface area contributed by atoms with Gasteiger partial charge in [-0.05, 0) is 41.1 Å². The molecular formula is C12H11BrN2O. The number of rotatable bonds is 2. The predicted octanol–water partition coefficient (Wildman–Crippen LogP) is 3.53. The number of nitrogens with zero attached hydrogens (tertiary/aromatic N) is 1. The average Bonchev–Trinajstić information content (AvgIpc) is 2.27. The minimum atomic E-state index is 0.671. The van der Waals surface area contributed by atoms with Crippen LogP contribution in [-0.2, 0) is 0 Å². The smallest absolute Gasteiger partial charge is 0.143 e. The number of hydrogen-bond acceptors (Lipinski definition) is 3. The largest absolute Gasteiger partial charge is 0.456 e. The van der Waals surface area contributed by atoms with E-state index in [4.69, 9.17) is 10.5 Å². The second-order valence-electron chi connectivity index (χ2n) is 3.43. The Balaban J connectivity index is 2.34. The maximum atomic E-state index is 5.75. The van der Waals surface area contributed by atoms with Crippen molar-refractivity contribution in [1.29, 1.82) is 0 Å². The molecule has 3 nitrogen and oxygen atoms in total. The van der Waals surface area contributed by atoms with Gasteiger partial charge in [0.15, 0.2) is 0 Å². The van der Waals surface area contributed by atoms with Crippen molar-refractivity contribution in [3.63, 3.8) is 0 Å². The summed E-state index contributed by atoms with van der Waals surface area (Å²) in [6.45, 7) is 1.95. The van der Waals surface area contributed by atoms with Gasteiger partial charge in [-0.3, -0.25) is 4.98 Å². The summed E-state index contributed by atoms with van der Waals surface area (Å²) in [5, 5.41) is 0.